The van der Waals surface area contributed by atoms with Crippen molar-refractivity contribution in [2.75, 3.05) is 18.9 Å². The van der Waals surface area contributed by atoms with Crippen molar-refractivity contribution >= 4 is 29.5 Å². The topological polar surface area (TPSA) is 84.5 Å². The average Bonchev–Trinajstić information content (AvgIpc) is 2.76. The second kappa shape index (κ2) is 12.8. The number of benzene rings is 2. The van der Waals surface area contributed by atoms with Gasteiger partial charge < -0.3 is 15.4 Å². The Bertz CT molecular complexity index is 854. The molecular weight excluding hydrogens is 412 g/mol. The Labute approximate surface area is 188 Å². The molecule has 0 aliphatic heterocycles. The summed E-state index contributed by atoms with van der Waals surface area (Å²) in [7, 11) is 0. The van der Waals surface area contributed by atoms with Gasteiger partial charge in [-0.1, -0.05) is 49.7 Å². The van der Waals surface area contributed by atoms with Gasteiger partial charge in [0.25, 0.3) is 11.8 Å². The Hall–Kier alpha value is -2.80. The van der Waals surface area contributed by atoms with Crippen molar-refractivity contribution < 1.29 is 19.1 Å². The van der Waals surface area contributed by atoms with Crippen molar-refractivity contribution in [3.05, 3.63) is 65.7 Å². The van der Waals surface area contributed by atoms with Gasteiger partial charge >= 0.3 is 5.97 Å². The largest absolute Gasteiger partial charge is 0.454 e. The Balaban J connectivity index is 1.70. The number of nitrogens with one attached hydrogen (secondary N) is 2. The van der Waals surface area contributed by atoms with Crippen molar-refractivity contribution in [1.29, 1.82) is 0 Å². The Morgan fingerprint density at radius 3 is 2.32 bits per heavy atom. The molecule has 0 spiro atoms. The minimum atomic E-state index is -0.830. The van der Waals surface area contributed by atoms with Crippen LogP contribution < -0.4 is 10.6 Å². The first-order valence-corrected chi connectivity index (χ1v) is 11.3. The van der Waals surface area contributed by atoms with Gasteiger partial charge in [-0.3, -0.25) is 9.59 Å². The van der Waals surface area contributed by atoms with Crippen molar-refractivity contribution in [3.8, 4) is 0 Å². The van der Waals surface area contributed by atoms with Crippen LogP contribution in [0, 0.1) is 12.8 Å². The second-order valence-corrected chi connectivity index (χ2v) is 8.70. The fourth-order valence-corrected chi connectivity index (χ4v) is 3.59. The maximum absolute atomic E-state index is 12.4. The molecule has 0 aliphatic rings. The third kappa shape index (κ3) is 8.84. The SMILES string of the molecule is Cc1ccc(C(=O)N[C@H](C(=O)OCC(=O)NCCCSc2ccccc2)C(C)C)cc1. The van der Waals surface area contributed by atoms with Gasteiger partial charge in [-0.15, -0.1) is 11.8 Å². The Morgan fingerprint density at radius 2 is 1.68 bits per heavy atom. The summed E-state index contributed by atoms with van der Waals surface area (Å²) in [6.45, 7) is 5.70. The molecule has 0 fully saturated rings. The molecule has 0 saturated heterocycles. The van der Waals surface area contributed by atoms with Gasteiger partial charge in [-0.2, -0.15) is 0 Å². The van der Waals surface area contributed by atoms with Crippen LogP contribution in [0.15, 0.2) is 59.5 Å². The van der Waals surface area contributed by atoms with Crippen LogP contribution in [0.25, 0.3) is 0 Å². The number of thioether (sulfide) groups is 1. The van der Waals surface area contributed by atoms with E-state index in [-0.39, 0.29) is 24.3 Å². The molecule has 7 heteroatoms. The number of rotatable bonds is 11. The standard InChI is InChI=1S/C24H30N2O4S/c1-17(2)22(26-23(28)19-12-10-18(3)11-13-19)24(29)30-16-21(27)25-14-7-15-31-20-8-5-4-6-9-20/h4-6,8-13,17,22H,7,14-16H2,1-3H3,(H,25,27)(H,26,28)/t22-/m0/s1. The highest BCUT2D eigenvalue weighted by Gasteiger charge is 2.26. The summed E-state index contributed by atoms with van der Waals surface area (Å²) in [5.41, 5.74) is 1.51. The zero-order valence-corrected chi connectivity index (χ0v) is 19.0. The van der Waals surface area contributed by atoms with E-state index in [0.29, 0.717) is 12.1 Å². The lowest BCUT2D eigenvalue weighted by molar-refractivity contribution is -0.151. The predicted octanol–water partition coefficient (Wildman–Crippen LogP) is 3.59. The number of hydrogen-bond donors (Lipinski definition) is 2. The van der Waals surface area contributed by atoms with Gasteiger partial charge in [0.2, 0.25) is 0 Å². The molecule has 2 N–H and O–H groups in total. The summed E-state index contributed by atoms with van der Waals surface area (Å²) >= 11 is 1.73. The summed E-state index contributed by atoms with van der Waals surface area (Å²) in [5, 5.41) is 5.45. The number of aryl methyl sites for hydroxylation is 1. The van der Waals surface area contributed by atoms with E-state index in [1.807, 2.05) is 63.2 Å². The van der Waals surface area contributed by atoms with Gasteiger partial charge in [0.15, 0.2) is 6.61 Å². The first kappa shape index (κ1) is 24.5. The first-order chi connectivity index (χ1) is 14.9. The van der Waals surface area contributed by atoms with Crippen LogP contribution in [-0.2, 0) is 14.3 Å². The average molecular weight is 443 g/mol. The highest BCUT2D eigenvalue weighted by atomic mass is 32.2. The van der Waals surface area contributed by atoms with Gasteiger partial charge in [-0.25, -0.2) is 4.79 Å². The molecule has 0 heterocycles. The Morgan fingerprint density at radius 1 is 1.00 bits per heavy atom. The van der Waals surface area contributed by atoms with E-state index < -0.39 is 12.0 Å². The molecule has 166 valence electrons. The molecule has 2 aromatic rings. The predicted molar refractivity (Wildman–Crippen MR) is 123 cm³/mol. The number of carbonyl (C=O) groups is 3. The fourth-order valence-electron chi connectivity index (χ4n) is 2.71. The fraction of sp³-hybridized carbons (Fsp3) is 0.375. The molecule has 2 rings (SSSR count). The van der Waals surface area contributed by atoms with Gasteiger partial charge in [-0.05, 0) is 49.3 Å². The lowest BCUT2D eigenvalue weighted by Gasteiger charge is -2.20. The van der Waals surface area contributed by atoms with Crippen molar-refractivity contribution in [2.24, 2.45) is 5.92 Å². The molecule has 6 nitrogen and oxygen atoms in total. The molecule has 0 radical (unpaired) electrons. The number of amides is 2. The van der Waals surface area contributed by atoms with Crippen LogP contribution in [0.2, 0.25) is 0 Å². The maximum Gasteiger partial charge on any atom is 0.329 e. The molecule has 2 amide bonds. The van der Waals surface area contributed by atoms with Crippen molar-refractivity contribution in [3.63, 3.8) is 0 Å². The van der Waals surface area contributed by atoms with E-state index >= 15 is 0 Å². The van der Waals surface area contributed by atoms with Gasteiger partial charge in [0.05, 0.1) is 0 Å². The third-order valence-electron chi connectivity index (χ3n) is 4.52. The number of hydrogen-bond acceptors (Lipinski definition) is 5. The van der Waals surface area contributed by atoms with E-state index in [4.69, 9.17) is 4.74 Å². The van der Waals surface area contributed by atoms with E-state index in [2.05, 4.69) is 10.6 Å². The quantitative estimate of drug-likeness (QED) is 0.316. The summed E-state index contributed by atoms with van der Waals surface area (Å²) in [6, 6.07) is 16.3. The van der Waals surface area contributed by atoms with Gasteiger partial charge in [0, 0.05) is 17.0 Å². The van der Waals surface area contributed by atoms with Crippen LogP contribution in [0.4, 0.5) is 0 Å². The summed E-state index contributed by atoms with van der Waals surface area (Å²) in [5.74, 6) is -0.628. The smallest absolute Gasteiger partial charge is 0.329 e. The molecule has 0 aromatic heterocycles. The van der Waals surface area contributed by atoms with Gasteiger partial charge in [0.1, 0.15) is 6.04 Å². The van der Waals surface area contributed by atoms with Crippen LogP contribution in [-0.4, -0.2) is 42.7 Å². The Kier molecular flexibility index (Phi) is 10.1. The highest BCUT2D eigenvalue weighted by Crippen LogP contribution is 2.17. The minimum absolute atomic E-state index is 0.181. The molecule has 2 aromatic carbocycles. The number of ether oxygens (including phenoxy) is 1. The van der Waals surface area contributed by atoms with Crippen LogP contribution >= 0.6 is 11.8 Å². The molecule has 0 unspecified atom stereocenters. The lowest BCUT2D eigenvalue weighted by Crippen LogP contribution is -2.46. The molecule has 0 bridgehead atoms. The summed E-state index contributed by atoms with van der Waals surface area (Å²) < 4.78 is 5.14. The number of carbonyl (C=O) groups excluding carboxylic acids is 3. The molecule has 0 saturated carbocycles. The zero-order chi connectivity index (χ0) is 22.6. The second-order valence-electron chi connectivity index (χ2n) is 7.53. The van der Waals surface area contributed by atoms with Crippen molar-refractivity contribution in [2.45, 2.75) is 38.1 Å². The maximum atomic E-state index is 12.4. The first-order valence-electron chi connectivity index (χ1n) is 10.4. The van der Waals surface area contributed by atoms with E-state index in [9.17, 15) is 14.4 Å². The summed E-state index contributed by atoms with van der Waals surface area (Å²) in [6.07, 6.45) is 0.806. The number of esters is 1. The van der Waals surface area contributed by atoms with E-state index in [1.165, 1.54) is 4.90 Å². The van der Waals surface area contributed by atoms with E-state index in [1.54, 1.807) is 23.9 Å². The molecular formula is C24H30N2O4S. The highest BCUT2D eigenvalue weighted by molar-refractivity contribution is 7.99. The van der Waals surface area contributed by atoms with E-state index in [0.717, 1.165) is 17.7 Å². The minimum Gasteiger partial charge on any atom is -0.454 e. The van der Waals surface area contributed by atoms with Crippen molar-refractivity contribution in [1.82, 2.24) is 10.6 Å². The molecule has 1 atom stereocenters. The zero-order valence-electron chi connectivity index (χ0n) is 18.2. The summed E-state index contributed by atoms with van der Waals surface area (Å²) in [4.78, 5) is 38.0. The molecule has 31 heavy (non-hydrogen) atoms. The van der Waals surface area contributed by atoms with Crippen LogP contribution in [0.5, 0.6) is 0 Å². The third-order valence-corrected chi connectivity index (χ3v) is 5.62. The monoisotopic (exact) mass is 442 g/mol. The normalized spacial score (nSPS) is 11.6. The lowest BCUT2D eigenvalue weighted by atomic mass is 10.0. The molecule has 0 aliphatic carbocycles. The van der Waals surface area contributed by atoms with Crippen LogP contribution in [0.1, 0.15) is 36.2 Å². The van der Waals surface area contributed by atoms with Crippen LogP contribution in [0.3, 0.4) is 0 Å².